The average Bonchev–Trinajstić information content (AvgIpc) is 2.36. The third kappa shape index (κ3) is 5.04. The van der Waals surface area contributed by atoms with Crippen LogP contribution in [-0.4, -0.2) is 33.4 Å². The molecule has 2 N–H and O–H groups in total. The first kappa shape index (κ1) is 15.7. The van der Waals surface area contributed by atoms with Crippen LogP contribution in [0.2, 0.25) is 0 Å². The van der Waals surface area contributed by atoms with E-state index in [4.69, 9.17) is 5.11 Å². The highest BCUT2D eigenvalue weighted by molar-refractivity contribution is 8.00. The second-order valence-electron chi connectivity index (χ2n) is 4.15. The Morgan fingerprint density at radius 1 is 1.58 bits per heavy atom. The summed E-state index contributed by atoms with van der Waals surface area (Å²) in [7, 11) is 0. The molecule has 0 bridgehead atoms. The van der Waals surface area contributed by atoms with Crippen molar-refractivity contribution in [3.63, 3.8) is 0 Å². The number of nitrogens with one attached hydrogen (secondary N) is 1. The summed E-state index contributed by atoms with van der Waals surface area (Å²) in [5.74, 6) is 0.645. The van der Waals surface area contributed by atoms with Crippen LogP contribution in [0.15, 0.2) is 17.2 Å². The van der Waals surface area contributed by atoms with Gasteiger partial charge in [-0.15, -0.1) is 0 Å². The van der Waals surface area contributed by atoms with Crippen LogP contribution in [0.25, 0.3) is 0 Å². The Morgan fingerprint density at radius 2 is 2.32 bits per heavy atom. The van der Waals surface area contributed by atoms with E-state index in [2.05, 4.69) is 10.3 Å². The molecule has 6 nitrogen and oxygen atoms in total. The number of hydrogen-bond donors (Lipinski definition) is 2. The third-order valence-corrected chi connectivity index (χ3v) is 3.60. The topological polar surface area (TPSA) is 88.3 Å². The molecule has 0 aliphatic rings. The number of anilines is 1. The molecule has 0 saturated carbocycles. The van der Waals surface area contributed by atoms with Crippen LogP contribution in [-0.2, 0) is 0 Å². The quantitative estimate of drug-likeness (QED) is 0.434. The Balaban J connectivity index is 2.91. The largest absolute Gasteiger partial charge is 0.396 e. The summed E-state index contributed by atoms with van der Waals surface area (Å²) < 4.78 is 0. The minimum Gasteiger partial charge on any atom is -0.396 e. The van der Waals surface area contributed by atoms with E-state index in [1.54, 1.807) is 6.07 Å². The number of pyridine rings is 1. The van der Waals surface area contributed by atoms with Crippen molar-refractivity contribution in [2.45, 2.75) is 37.0 Å². The lowest BCUT2D eigenvalue weighted by Crippen LogP contribution is -2.06. The van der Waals surface area contributed by atoms with Crippen LogP contribution in [0.5, 0.6) is 0 Å². The van der Waals surface area contributed by atoms with E-state index in [-0.39, 0.29) is 17.5 Å². The van der Waals surface area contributed by atoms with Gasteiger partial charge in [0.2, 0.25) is 0 Å². The van der Waals surface area contributed by atoms with Crippen LogP contribution in [0.4, 0.5) is 11.5 Å². The summed E-state index contributed by atoms with van der Waals surface area (Å²) >= 11 is 1.32. The van der Waals surface area contributed by atoms with Gasteiger partial charge in [0, 0.05) is 24.5 Å². The molecular formula is C12H19N3O3S. The molecule has 1 atom stereocenters. The lowest BCUT2D eigenvalue weighted by molar-refractivity contribution is -0.388. The molecule has 1 heterocycles. The minimum absolute atomic E-state index is 0.0110. The van der Waals surface area contributed by atoms with Crippen molar-refractivity contribution in [1.29, 1.82) is 0 Å². The van der Waals surface area contributed by atoms with Gasteiger partial charge in [-0.25, -0.2) is 4.98 Å². The van der Waals surface area contributed by atoms with Gasteiger partial charge in [-0.2, -0.15) is 0 Å². The zero-order chi connectivity index (χ0) is 14.3. The number of thioether (sulfide) groups is 1. The van der Waals surface area contributed by atoms with Gasteiger partial charge in [-0.1, -0.05) is 25.6 Å². The van der Waals surface area contributed by atoms with Crippen molar-refractivity contribution in [3.8, 4) is 0 Å². The third-order valence-electron chi connectivity index (χ3n) is 2.44. The number of aromatic nitrogens is 1. The number of rotatable bonds is 8. The monoisotopic (exact) mass is 285 g/mol. The van der Waals surface area contributed by atoms with Crippen molar-refractivity contribution >= 4 is 23.3 Å². The fraction of sp³-hybridized carbons (Fsp3) is 0.583. The normalized spacial score (nSPS) is 12.2. The summed E-state index contributed by atoms with van der Waals surface area (Å²) in [6.45, 7) is 4.80. The van der Waals surface area contributed by atoms with Gasteiger partial charge in [0.15, 0.2) is 5.03 Å². The fourth-order valence-electron chi connectivity index (χ4n) is 1.44. The van der Waals surface area contributed by atoms with E-state index in [0.717, 1.165) is 13.0 Å². The van der Waals surface area contributed by atoms with E-state index < -0.39 is 4.92 Å². The fourth-order valence-corrected chi connectivity index (χ4v) is 2.46. The molecule has 0 aromatic carbocycles. The molecular weight excluding hydrogens is 266 g/mol. The summed E-state index contributed by atoms with van der Waals surface area (Å²) in [5, 5.41) is 23.4. The molecule has 106 valence electrons. The average molecular weight is 285 g/mol. The van der Waals surface area contributed by atoms with Gasteiger partial charge >= 0.3 is 5.69 Å². The lowest BCUT2D eigenvalue weighted by Gasteiger charge is -2.10. The van der Waals surface area contributed by atoms with Crippen LogP contribution in [0.3, 0.4) is 0 Å². The summed E-state index contributed by atoms with van der Waals surface area (Å²) in [5.41, 5.74) is 0.0110. The summed E-state index contributed by atoms with van der Waals surface area (Å²) in [6, 6.07) is 3.09. The Labute approximate surface area is 116 Å². The number of aliphatic hydroxyl groups is 1. The molecule has 1 aromatic heterocycles. The second kappa shape index (κ2) is 7.96. The highest BCUT2D eigenvalue weighted by Gasteiger charge is 2.18. The van der Waals surface area contributed by atoms with E-state index >= 15 is 0 Å². The van der Waals surface area contributed by atoms with Crippen molar-refractivity contribution in [2.75, 3.05) is 18.5 Å². The molecule has 1 unspecified atom stereocenters. The van der Waals surface area contributed by atoms with E-state index in [1.165, 1.54) is 17.8 Å². The number of nitrogens with zero attached hydrogens (tertiary/aromatic N) is 2. The van der Waals surface area contributed by atoms with Gasteiger partial charge < -0.3 is 10.4 Å². The highest BCUT2D eigenvalue weighted by atomic mass is 32.2. The van der Waals surface area contributed by atoms with E-state index in [9.17, 15) is 10.1 Å². The highest BCUT2D eigenvalue weighted by Crippen LogP contribution is 2.32. The smallest absolute Gasteiger partial charge is 0.301 e. The maximum Gasteiger partial charge on any atom is 0.301 e. The van der Waals surface area contributed by atoms with Gasteiger partial charge in [-0.05, 0) is 18.9 Å². The Morgan fingerprint density at radius 3 is 2.89 bits per heavy atom. The van der Waals surface area contributed by atoms with Crippen molar-refractivity contribution in [1.82, 2.24) is 4.98 Å². The number of nitro groups is 1. The van der Waals surface area contributed by atoms with Crippen LogP contribution in [0, 0.1) is 10.1 Å². The van der Waals surface area contributed by atoms with Gasteiger partial charge in [-0.3, -0.25) is 10.1 Å². The molecule has 19 heavy (non-hydrogen) atoms. The lowest BCUT2D eigenvalue weighted by atomic mass is 10.3. The maximum atomic E-state index is 11.0. The SMILES string of the molecule is CCCNc1ccc([N+](=O)[O-])c(SC(C)CCO)n1. The van der Waals surface area contributed by atoms with Crippen molar-refractivity contribution in [3.05, 3.63) is 22.2 Å². The molecule has 0 saturated heterocycles. The zero-order valence-electron chi connectivity index (χ0n) is 11.1. The van der Waals surface area contributed by atoms with Crippen molar-refractivity contribution < 1.29 is 10.0 Å². The molecule has 0 aliphatic heterocycles. The first-order valence-corrected chi connectivity index (χ1v) is 7.13. The Kier molecular flexibility index (Phi) is 6.58. The van der Waals surface area contributed by atoms with Gasteiger partial charge in [0.1, 0.15) is 5.82 Å². The first-order chi connectivity index (χ1) is 9.08. The predicted octanol–water partition coefficient (Wildman–Crippen LogP) is 2.67. The molecule has 1 aromatic rings. The first-order valence-electron chi connectivity index (χ1n) is 6.25. The number of aliphatic hydroxyl groups excluding tert-OH is 1. The molecule has 7 heteroatoms. The Bertz CT molecular complexity index is 429. The predicted molar refractivity (Wildman–Crippen MR) is 76.7 cm³/mol. The maximum absolute atomic E-state index is 11.0. The molecule has 0 aliphatic carbocycles. The second-order valence-corrected chi connectivity index (χ2v) is 5.57. The van der Waals surface area contributed by atoms with Gasteiger partial charge in [0.25, 0.3) is 0 Å². The van der Waals surface area contributed by atoms with Crippen LogP contribution < -0.4 is 5.32 Å². The molecule has 0 amide bonds. The van der Waals surface area contributed by atoms with E-state index in [1.807, 2.05) is 13.8 Å². The van der Waals surface area contributed by atoms with E-state index in [0.29, 0.717) is 17.3 Å². The van der Waals surface area contributed by atoms with Gasteiger partial charge in [0.05, 0.1) is 4.92 Å². The van der Waals surface area contributed by atoms with Crippen molar-refractivity contribution in [2.24, 2.45) is 0 Å². The molecule has 1 rings (SSSR count). The standard InChI is InChI=1S/C12H19N3O3S/c1-3-7-13-11-5-4-10(15(17)18)12(14-11)19-9(2)6-8-16/h4-5,9,16H,3,6-8H2,1-2H3,(H,13,14). The zero-order valence-corrected chi connectivity index (χ0v) is 11.9. The minimum atomic E-state index is -0.426. The Hall–Kier alpha value is -1.34. The summed E-state index contributed by atoms with van der Waals surface area (Å²) in [4.78, 5) is 14.8. The molecule has 0 fully saturated rings. The summed E-state index contributed by atoms with van der Waals surface area (Å²) in [6.07, 6.45) is 1.54. The van der Waals surface area contributed by atoms with Crippen LogP contribution in [0.1, 0.15) is 26.7 Å². The molecule has 0 radical (unpaired) electrons. The van der Waals surface area contributed by atoms with Crippen LogP contribution >= 0.6 is 11.8 Å². The number of hydrogen-bond acceptors (Lipinski definition) is 6. The molecule has 0 spiro atoms.